The van der Waals surface area contributed by atoms with E-state index in [0.29, 0.717) is 24.5 Å². The number of aromatic nitrogens is 3. The van der Waals surface area contributed by atoms with Gasteiger partial charge in [0, 0.05) is 37.2 Å². The lowest BCUT2D eigenvalue weighted by Crippen LogP contribution is -2.25. The number of carbonyl (C=O) groups excluding carboxylic acids is 1. The van der Waals surface area contributed by atoms with Crippen molar-refractivity contribution < 1.29 is 9.53 Å². The molecule has 2 aromatic carbocycles. The molecule has 3 heterocycles. The molecule has 3 aromatic heterocycles. The highest BCUT2D eigenvalue weighted by Crippen LogP contribution is 2.20. The van der Waals surface area contributed by atoms with Crippen molar-refractivity contribution in [2.24, 2.45) is 0 Å². The van der Waals surface area contributed by atoms with Crippen LogP contribution in [0.4, 0.5) is 0 Å². The van der Waals surface area contributed by atoms with Crippen molar-refractivity contribution in [2.75, 3.05) is 6.54 Å². The number of nitrogens with zero attached hydrogens (tertiary/aromatic N) is 3. The normalized spacial score (nSPS) is 11.1. The van der Waals surface area contributed by atoms with Crippen LogP contribution in [-0.4, -0.2) is 26.4 Å². The predicted molar refractivity (Wildman–Crippen MR) is 125 cm³/mol. The zero-order chi connectivity index (χ0) is 21.8. The molecule has 6 heteroatoms. The fourth-order valence-electron chi connectivity index (χ4n) is 3.87. The Kier molecular flexibility index (Phi) is 5.58. The third-order valence-electron chi connectivity index (χ3n) is 5.46. The Bertz CT molecular complexity index is 1340. The second-order valence-corrected chi connectivity index (χ2v) is 7.66. The number of hydrogen-bond acceptors (Lipinski definition) is 3. The fourth-order valence-corrected chi connectivity index (χ4v) is 3.87. The Morgan fingerprint density at radius 1 is 0.938 bits per heavy atom. The zero-order valence-electron chi connectivity index (χ0n) is 17.6. The second-order valence-electron chi connectivity index (χ2n) is 7.66. The van der Waals surface area contributed by atoms with Gasteiger partial charge in [-0.2, -0.15) is 0 Å². The molecule has 0 atom stereocenters. The molecule has 0 aliphatic carbocycles. The van der Waals surface area contributed by atoms with E-state index in [1.54, 1.807) is 6.07 Å². The molecule has 1 amide bonds. The average Bonchev–Trinajstić information content (AvgIpc) is 3.44. The molecule has 0 saturated carbocycles. The molecular weight excluding hydrogens is 400 g/mol. The molecule has 0 fully saturated rings. The van der Waals surface area contributed by atoms with Crippen molar-refractivity contribution >= 4 is 22.5 Å². The van der Waals surface area contributed by atoms with Gasteiger partial charge in [0.1, 0.15) is 18.0 Å². The first-order chi connectivity index (χ1) is 15.8. The summed E-state index contributed by atoms with van der Waals surface area (Å²) in [6.07, 6.45) is 6.82. The highest BCUT2D eigenvalue weighted by molar-refractivity contribution is 5.96. The van der Waals surface area contributed by atoms with Crippen LogP contribution in [-0.2, 0) is 13.2 Å². The number of carbonyl (C=O) groups is 1. The molecule has 1 N–H and O–H groups in total. The minimum absolute atomic E-state index is 0.132. The summed E-state index contributed by atoms with van der Waals surface area (Å²) in [6.45, 7) is 1.73. The number of pyridine rings is 1. The van der Waals surface area contributed by atoms with Gasteiger partial charge in [0.15, 0.2) is 0 Å². The topological polar surface area (TPSA) is 60.6 Å². The van der Waals surface area contributed by atoms with Crippen LogP contribution in [0.5, 0.6) is 5.75 Å². The van der Waals surface area contributed by atoms with Crippen LogP contribution in [0.3, 0.4) is 0 Å². The third-order valence-corrected chi connectivity index (χ3v) is 5.46. The van der Waals surface area contributed by atoms with Crippen LogP contribution in [0, 0.1) is 0 Å². The summed E-state index contributed by atoms with van der Waals surface area (Å²) >= 11 is 0. The number of para-hydroxylation sites is 2. The summed E-state index contributed by atoms with van der Waals surface area (Å²) in [5.41, 5.74) is 3.42. The molecule has 0 unspecified atom stereocenters. The smallest absolute Gasteiger partial charge is 0.255 e. The number of hydrogen-bond donors (Lipinski definition) is 1. The maximum Gasteiger partial charge on any atom is 0.255 e. The number of rotatable bonds is 8. The average molecular weight is 425 g/mol. The number of aryl methyl sites for hydroxylation is 1. The summed E-state index contributed by atoms with van der Waals surface area (Å²) in [5, 5.41) is 4.25. The van der Waals surface area contributed by atoms with Crippen LogP contribution >= 0.6 is 0 Å². The summed E-state index contributed by atoms with van der Waals surface area (Å²) in [6, 6.07) is 23.6. The minimum Gasteiger partial charge on any atom is -0.486 e. The predicted octanol–water partition coefficient (Wildman–Crippen LogP) is 4.69. The van der Waals surface area contributed by atoms with Crippen LogP contribution in [0.25, 0.3) is 16.6 Å². The molecule has 0 saturated heterocycles. The fraction of sp³-hybridized carbons (Fsp3) is 0.154. The SMILES string of the molecule is O=C(NCCCn1ccc2ccccc21)c1ccccc1OCc1cn2ccccc2n1. The van der Waals surface area contributed by atoms with Crippen LogP contribution < -0.4 is 10.1 Å². The number of nitrogens with one attached hydrogen (secondary N) is 1. The summed E-state index contributed by atoms with van der Waals surface area (Å²) in [4.78, 5) is 17.3. The molecule has 0 spiro atoms. The quantitative estimate of drug-likeness (QED) is 0.368. The van der Waals surface area contributed by atoms with E-state index in [0.717, 1.165) is 24.3 Å². The van der Waals surface area contributed by atoms with E-state index in [4.69, 9.17) is 4.74 Å². The molecule has 0 aliphatic heterocycles. The molecule has 0 bridgehead atoms. The molecule has 160 valence electrons. The van der Waals surface area contributed by atoms with E-state index < -0.39 is 0 Å². The van der Waals surface area contributed by atoms with E-state index in [1.165, 1.54) is 10.9 Å². The lowest BCUT2D eigenvalue weighted by atomic mass is 10.2. The Morgan fingerprint density at radius 2 is 1.78 bits per heavy atom. The molecule has 0 radical (unpaired) electrons. The van der Waals surface area contributed by atoms with Crippen molar-refractivity contribution in [3.8, 4) is 5.75 Å². The van der Waals surface area contributed by atoms with Crippen molar-refractivity contribution in [1.82, 2.24) is 19.3 Å². The largest absolute Gasteiger partial charge is 0.486 e. The van der Waals surface area contributed by atoms with Gasteiger partial charge in [-0.25, -0.2) is 4.98 Å². The Balaban J connectivity index is 1.18. The molecule has 5 aromatic rings. The lowest BCUT2D eigenvalue weighted by molar-refractivity contribution is 0.0948. The van der Waals surface area contributed by atoms with Gasteiger partial charge in [-0.15, -0.1) is 0 Å². The zero-order valence-corrected chi connectivity index (χ0v) is 17.6. The Morgan fingerprint density at radius 3 is 2.72 bits per heavy atom. The monoisotopic (exact) mass is 424 g/mol. The number of ether oxygens (including phenoxy) is 1. The Hall–Kier alpha value is -4.06. The van der Waals surface area contributed by atoms with Crippen LogP contribution in [0.1, 0.15) is 22.5 Å². The van der Waals surface area contributed by atoms with E-state index >= 15 is 0 Å². The standard InChI is InChI=1S/C26H24N4O2/c31-26(27-14-7-16-29-17-13-20-8-1-3-10-23(20)29)22-9-2-4-11-24(22)32-19-21-18-30-15-6-5-12-25(30)28-21/h1-6,8-13,15,17-18H,7,14,16,19H2,(H,27,31). The molecular formula is C26H24N4O2. The van der Waals surface area contributed by atoms with Crippen LogP contribution in [0.15, 0.2) is 91.4 Å². The summed E-state index contributed by atoms with van der Waals surface area (Å²) in [5.74, 6) is 0.423. The van der Waals surface area contributed by atoms with Crippen molar-refractivity contribution in [1.29, 1.82) is 0 Å². The number of benzene rings is 2. The summed E-state index contributed by atoms with van der Waals surface area (Å²) < 4.78 is 10.1. The lowest BCUT2D eigenvalue weighted by Gasteiger charge is -2.11. The van der Waals surface area contributed by atoms with Gasteiger partial charge in [-0.1, -0.05) is 36.4 Å². The Labute approximate surface area is 186 Å². The molecule has 0 aliphatic rings. The van der Waals surface area contributed by atoms with E-state index in [-0.39, 0.29) is 5.91 Å². The van der Waals surface area contributed by atoms with Gasteiger partial charge < -0.3 is 19.0 Å². The molecule has 5 rings (SSSR count). The second kappa shape index (κ2) is 8.98. The van der Waals surface area contributed by atoms with Gasteiger partial charge in [0.2, 0.25) is 0 Å². The van der Waals surface area contributed by atoms with Crippen molar-refractivity contribution in [3.63, 3.8) is 0 Å². The minimum atomic E-state index is -0.132. The third kappa shape index (κ3) is 4.21. The highest BCUT2D eigenvalue weighted by atomic mass is 16.5. The van der Waals surface area contributed by atoms with Crippen LogP contribution in [0.2, 0.25) is 0 Å². The van der Waals surface area contributed by atoms with Gasteiger partial charge in [-0.3, -0.25) is 4.79 Å². The summed E-state index contributed by atoms with van der Waals surface area (Å²) in [7, 11) is 0. The highest BCUT2D eigenvalue weighted by Gasteiger charge is 2.12. The van der Waals surface area contributed by atoms with Crippen molar-refractivity contribution in [2.45, 2.75) is 19.6 Å². The molecule has 32 heavy (non-hydrogen) atoms. The maximum atomic E-state index is 12.8. The van der Waals surface area contributed by atoms with Crippen molar-refractivity contribution in [3.05, 3.63) is 103 Å². The maximum absolute atomic E-state index is 12.8. The first-order valence-electron chi connectivity index (χ1n) is 10.7. The molecule has 6 nitrogen and oxygen atoms in total. The number of amides is 1. The first kappa shape index (κ1) is 19.9. The number of imidazole rings is 1. The van der Waals surface area contributed by atoms with Gasteiger partial charge in [-0.05, 0) is 48.2 Å². The van der Waals surface area contributed by atoms with E-state index in [2.05, 4.69) is 39.3 Å². The van der Waals surface area contributed by atoms with E-state index in [9.17, 15) is 4.79 Å². The van der Waals surface area contributed by atoms with Gasteiger partial charge in [0.25, 0.3) is 5.91 Å². The first-order valence-corrected chi connectivity index (χ1v) is 10.7. The van der Waals surface area contributed by atoms with Gasteiger partial charge in [0.05, 0.1) is 11.3 Å². The van der Waals surface area contributed by atoms with E-state index in [1.807, 2.05) is 65.3 Å². The number of fused-ring (bicyclic) bond motifs is 2. The van der Waals surface area contributed by atoms with Gasteiger partial charge >= 0.3 is 0 Å².